The zero-order chi connectivity index (χ0) is 15.6. The van der Waals surface area contributed by atoms with Crippen molar-refractivity contribution in [2.75, 3.05) is 6.54 Å². The van der Waals surface area contributed by atoms with Gasteiger partial charge < -0.3 is 14.9 Å². The quantitative estimate of drug-likeness (QED) is 0.708. The van der Waals surface area contributed by atoms with E-state index < -0.39 is 23.6 Å². The third kappa shape index (κ3) is 1.95. The van der Waals surface area contributed by atoms with E-state index in [-0.39, 0.29) is 50.4 Å². The Balaban J connectivity index is 0.00000156. The summed E-state index contributed by atoms with van der Waals surface area (Å²) in [6.45, 7) is 1.98. The van der Waals surface area contributed by atoms with Crippen LogP contribution in [0.2, 0.25) is 0 Å². The molecule has 2 aromatic carbocycles. The Morgan fingerprint density at radius 3 is 1.61 bits per heavy atom. The zero-order valence-electron chi connectivity index (χ0n) is 12.1. The van der Waals surface area contributed by atoms with Crippen LogP contribution < -0.4 is 0 Å². The van der Waals surface area contributed by atoms with E-state index in [2.05, 4.69) is 5.32 Å². The van der Waals surface area contributed by atoms with Crippen LogP contribution in [-0.2, 0) is 32.7 Å². The number of carbonyl (C=O) groups is 4. The van der Waals surface area contributed by atoms with Crippen molar-refractivity contribution in [1.29, 1.82) is 0 Å². The molecule has 4 rings (SSSR count). The Morgan fingerprint density at radius 2 is 1.17 bits per heavy atom. The fourth-order valence-corrected chi connectivity index (χ4v) is 3.09. The minimum atomic E-state index is -0.640. The summed E-state index contributed by atoms with van der Waals surface area (Å²) in [4.78, 5) is 49.9. The number of amides is 4. The number of rotatable bonds is 1. The summed E-state index contributed by atoms with van der Waals surface area (Å²) in [5.74, 6) is -2.10. The predicted molar refractivity (Wildman–Crippen MR) is 77.0 cm³/mol. The molecule has 0 atom stereocenters. The topological polar surface area (TPSA) is 85.6 Å². The van der Waals surface area contributed by atoms with Gasteiger partial charge in [0.05, 0.1) is 11.8 Å². The number of nitrogens with zero attached hydrogens (tertiary/aromatic N) is 2. The summed E-state index contributed by atoms with van der Waals surface area (Å²) in [6.07, 6.45) is 0. The molecule has 0 spiro atoms. The smallest absolute Gasteiger partial charge is 0.261 e. The maximum atomic E-state index is 12.4. The zero-order valence-corrected chi connectivity index (χ0v) is 15.0. The fraction of sp³-hybridized carbons (Fsp3) is 0.125. The molecule has 4 amide bonds. The van der Waals surface area contributed by atoms with Gasteiger partial charge in [-0.3, -0.25) is 14.5 Å². The van der Waals surface area contributed by atoms with E-state index in [4.69, 9.17) is 0 Å². The molecule has 0 aromatic heterocycles. The first-order valence-electron chi connectivity index (χ1n) is 6.81. The normalized spacial score (nSPS) is 15.6. The van der Waals surface area contributed by atoms with Gasteiger partial charge in [-0.05, 0) is 19.1 Å². The predicted octanol–water partition coefficient (Wildman–Crippen LogP) is 2.12. The molecule has 2 aromatic rings. The molecule has 7 heteroatoms. The Bertz CT molecular complexity index is 867. The maximum absolute atomic E-state index is 12.4. The van der Waals surface area contributed by atoms with E-state index in [0.717, 1.165) is 4.90 Å². The third-order valence-electron chi connectivity index (χ3n) is 4.09. The average molecular weight is 382 g/mol. The molecule has 0 unspecified atom stereocenters. The molecule has 0 N–H and O–H groups in total. The van der Waals surface area contributed by atoms with Crippen LogP contribution in [-0.4, -0.2) is 35.1 Å². The van der Waals surface area contributed by atoms with Crippen molar-refractivity contribution >= 4 is 34.4 Å². The molecular weight excluding hydrogens is 373 g/mol. The van der Waals surface area contributed by atoms with Crippen molar-refractivity contribution in [1.82, 2.24) is 4.90 Å². The Kier molecular flexibility index (Phi) is 3.69. The molecule has 2 aliphatic heterocycles. The first kappa shape index (κ1) is 16.0. The fourth-order valence-electron chi connectivity index (χ4n) is 3.09. The van der Waals surface area contributed by atoms with Crippen molar-refractivity contribution in [2.24, 2.45) is 0 Å². The van der Waals surface area contributed by atoms with Gasteiger partial charge in [-0.2, -0.15) is 0 Å². The molecule has 111 valence electrons. The van der Waals surface area contributed by atoms with Gasteiger partial charge in [0.15, 0.2) is 0 Å². The largest absolute Gasteiger partial charge is 0.587 e. The molecule has 0 aliphatic carbocycles. The van der Waals surface area contributed by atoms with Crippen LogP contribution in [0.5, 0.6) is 0 Å². The van der Waals surface area contributed by atoms with Crippen molar-refractivity contribution in [3.63, 3.8) is 0 Å². The second-order valence-electron chi connectivity index (χ2n) is 5.15. The molecule has 2 heterocycles. The van der Waals surface area contributed by atoms with E-state index in [9.17, 15) is 19.2 Å². The van der Waals surface area contributed by atoms with Crippen LogP contribution in [0.4, 0.5) is 0 Å². The van der Waals surface area contributed by atoms with Crippen LogP contribution in [0.25, 0.3) is 16.1 Å². The minimum Gasteiger partial charge on any atom is -0.587 e. The molecule has 6 nitrogen and oxygen atoms in total. The van der Waals surface area contributed by atoms with Gasteiger partial charge in [0, 0.05) is 72.3 Å². The number of imide groups is 2. The van der Waals surface area contributed by atoms with Crippen molar-refractivity contribution in [2.45, 2.75) is 6.92 Å². The Morgan fingerprint density at radius 1 is 0.783 bits per heavy atom. The SMILES string of the molecule is CCN1C(=O)c2ccc3c4c(ccc(c24)C1=O)C(=O)[N-]C3=O.[Y]. The molecule has 0 bridgehead atoms. The number of carbonyl (C=O) groups excluding carboxylic acids is 4. The van der Waals surface area contributed by atoms with Gasteiger partial charge >= 0.3 is 0 Å². The van der Waals surface area contributed by atoms with Crippen molar-refractivity contribution < 1.29 is 51.9 Å². The maximum Gasteiger partial charge on any atom is 0.261 e. The van der Waals surface area contributed by atoms with Gasteiger partial charge in [-0.1, -0.05) is 12.1 Å². The summed E-state index contributed by atoms with van der Waals surface area (Å²) < 4.78 is 0. The van der Waals surface area contributed by atoms with E-state index in [0.29, 0.717) is 21.9 Å². The summed E-state index contributed by atoms with van der Waals surface area (Å²) >= 11 is 0. The first-order chi connectivity index (χ1) is 10.5. The second kappa shape index (κ2) is 5.32. The molecule has 2 aliphatic rings. The van der Waals surface area contributed by atoms with Gasteiger partial charge in [0.1, 0.15) is 0 Å². The molecule has 23 heavy (non-hydrogen) atoms. The summed E-state index contributed by atoms with van der Waals surface area (Å²) in [6, 6.07) is 6.02. The third-order valence-corrected chi connectivity index (χ3v) is 4.09. The van der Waals surface area contributed by atoms with E-state index in [1.54, 1.807) is 6.92 Å². The standard InChI is InChI=1S/C16H10N2O4.Y/c1-2-18-15(21)9-5-3-7-11-8(14(20)17-13(7)19)4-6-10(12(9)11)16(18)22;/h3-6H,2H2,1H3,(H,17,19,20);/p-1. The number of hydrogen-bond acceptors (Lipinski definition) is 4. The molecular formula is C16H9N2O4Y-. The summed E-state index contributed by atoms with van der Waals surface area (Å²) in [5.41, 5.74) is 1.17. The van der Waals surface area contributed by atoms with Crippen LogP contribution in [0.1, 0.15) is 48.4 Å². The molecule has 0 saturated heterocycles. The van der Waals surface area contributed by atoms with Crippen LogP contribution >= 0.6 is 0 Å². The average Bonchev–Trinajstić information content (AvgIpc) is 2.51. The molecule has 1 radical (unpaired) electrons. The number of hydrogen-bond donors (Lipinski definition) is 0. The van der Waals surface area contributed by atoms with E-state index in [1.807, 2.05) is 0 Å². The van der Waals surface area contributed by atoms with Crippen molar-refractivity contribution in [3.05, 3.63) is 51.8 Å². The van der Waals surface area contributed by atoms with Crippen LogP contribution in [0, 0.1) is 0 Å². The van der Waals surface area contributed by atoms with Gasteiger partial charge in [0.25, 0.3) is 11.8 Å². The van der Waals surface area contributed by atoms with Gasteiger partial charge in [-0.25, -0.2) is 0 Å². The van der Waals surface area contributed by atoms with Crippen LogP contribution in [0.15, 0.2) is 24.3 Å². The minimum absolute atomic E-state index is 0. The summed E-state index contributed by atoms with van der Waals surface area (Å²) in [7, 11) is 0. The Labute approximate surface area is 156 Å². The summed E-state index contributed by atoms with van der Waals surface area (Å²) in [5, 5.41) is 4.20. The Hall–Kier alpha value is -1.92. The van der Waals surface area contributed by atoms with Crippen molar-refractivity contribution in [3.8, 4) is 0 Å². The van der Waals surface area contributed by atoms with Crippen LogP contribution in [0.3, 0.4) is 0 Å². The first-order valence-corrected chi connectivity index (χ1v) is 6.81. The van der Waals surface area contributed by atoms with Gasteiger partial charge in [-0.15, -0.1) is 0 Å². The molecule has 0 saturated carbocycles. The van der Waals surface area contributed by atoms with E-state index in [1.165, 1.54) is 24.3 Å². The molecule has 0 fully saturated rings. The number of benzene rings is 2. The monoisotopic (exact) mass is 382 g/mol. The second-order valence-corrected chi connectivity index (χ2v) is 5.15. The van der Waals surface area contributed by atoms with E-state index >= 15 is 0 Å². The van der Waals surface area contributed by atoms with Gasteiger partial charge in [0.2, 0.25) is 0 Å².